The van der Waals surface area contributed by atoms with Crippen LogP contribution in [0.3, 0.4) is 0 Å². The second-order valence-corrected chi connectivity index (χ2v) is 6.62. The number of amides is 1. The molecule has 1 atom stereocenters. The molecule has 0 unspecified atom stereocenters. The third kappa shape index (κ3) is 3.94. The Morgan fingerprint density at radius 3 is 2.83 bits per heavy atom. The van der Waals surface area contributed by atoms with Gasteiger partial charge in [-0.05, 0) is 62.6 Å². The van der Waals surface area contributed by atoms with Crippen molar-refractivity contribution in [2.45, 2.75) is 51.5 Å². The van der Waals surface area contributed by atoms with E-state index in [9.17, 15) is 9.59 Å². The fourth-order valence-corrected chi connectivity index (χ4v) is 3.31. The highest BCUT2D eigenvalue weighted by molar-refractivity contribution is 5.94. The van der Waals surface area contributed by atoms with Crippen LogP contribution < -0.4 is 10.9 Å². The van der Waals surface area contributed by atoms with Crippen molar-refractivity contribution in [2.75, 3.05) is 0 Å². The molecule has 0 saturated carbocycles. The van der Waals surface area contributed by atoms with Crippen LogP contribution in [0.4, 0.5) is 0 Å². The lowest BCUT2D eigenvalue weighted by Crippen LogP contribution is -2.36. The van der Waals surface area contributed by atoms with E-state index in [1.807, 2.05) is 25.1 Å². The molecule has 2 N–H and O–H groups in total. The number of pyridine rings is 1. The maximum atomic E-state index is 12.4. The molecule has 1 heterocycles. The largest absolute Gasteiger partial charge is 0.349 e. The first-order valence-electron chi connectivity index (χ1n) is 8.73. The molecule has 2 aromatic rings. The number of hydrogen-bond acceptors (Lipinski definition) is 2. The summed E-state index contributed by atoms with van der Waals surface area (Å²) in [5, 5.41) is 2.96. The van der Waals surface area contributed by atoms with Crippen LogP contribution in [-0.2, 0) is 19.3 Å². The van der Waals surface area contributed by atoms with Gasteiger partial charge in [-0.1, -0.05) is 30.3 Å². The maximum absolute atomic E-state index is 12.4. The van der Waals surface area contributed by atoms with E-state index in [1.165, 1.54) is 5.56 Å². The van der Waals surface area contributed by atoms with Gasteiger partial charge in [-0.3, -0.25) is 9.59 Å². The highest BCUT2D eigenvalue weighted by Crippen LogP contribution is 2.18. The molecule has 3 rings (SSSR count). The van der Waals surface area contributed by atoms with Gasteiger partial charge in [0.1, 0.15) is 5.56 Å². The monoisotopic (exact) mass is 324 g/mol. The number of H-pyrrole nitrogens is 1. The molecule has 0 aliphatic heterocycles. The van der Waals surface area contributed by atoms with Crippen LogP contribution >= 0.6 is 0 Å². The van der Waals surface area contributed by atoms with E-state index in [-0.39, 0.29) is 23.1 Å². The standard InChI is InChI=1S/C20H24N2O2/c1-14(7-5-10-15-8-3-2-4-9-15)21-19(23)17-13-16-11-6-12-18(16)22-20(17)24/h2-4,8-9,13-14H,5-7,10-12H2,1H3,(H,21,23)(H,22,24)/t14-/m1/s1. The zero-order valence-electron chi connectivity index (χ0n) is 14.1. The average molecular weight is 324 g/mol. The molecule has 1 aromatic carbocycles. The molecular weight excluding hydrogens is 300 g/mol. The van der Waals surface area contributed by atoms with Crippen LogP contribution in [0, 0.1) is 0 Å². The van der Waals surface area contributed by atoms with Crippen molar-refractivity contribution in [2.24, 2.45) is 0 Å². The Kier molecular flexibility index (Phi) is 5.14. The molecule has 1 aromatic heterocycles. The summed E-state index contributed by atoms with van der Waals surface area (Å²) in [5.74, 6) is -0.266. The third-order valence-corrected chi connectivity index (χ3v) is 4.66. The molecular formula is C20H24N2O2. The van der Waals surface area contributed by atoms with Crippen LogP contribution in [-0.4, -0.2) is 16.9 Å². The van der Waals surface area contributed by atoms with Crippen molar-refractivity contribution in [1.29, 1.82) is 0 Å². The molecule has 1 aliphatic carbocycles. The van der Waals surface area contributed by atoms with Gasteiger partial charge in [-0.15, -0.1) is 0 Å². The lowest BCUT2D eigenvalue weighted by Gasteiger charge is -2.14. The number of nitrogens with one attached hydrogen (secondary N) is 2. The Balaban J connectivity index is 1.54. The molecule has 1 aliphatic rings. The quantitative estimate of drug-likeness (QED) is 0.858. The lowest BCUT2D eigenvalue weighted by molar-refractivity contribution is 0.0936. The summed E-state index contributed by atoms with van der Waals surface area (Å²) in [6, 6.07) is 12.2. The Labute approximate surface area is 142 Å². The zero-order chi connectivity index (χ0) is 16.9. The molecule has 0 spiro atoms. The van der Waals surface area contributed by atoms with Crippen molar-refractivity contribution in [3.05, 3.63) is 69.1 Å². The third-order valence-electron chi connectivity index (χ3n) is 4.66. The molecule has 1 amide bonds. The Bertz CT molecular complexity index is 765. The Morgan fingerprint density at radius 1 is 1.25 bits per heavy atom. The number of aryl methyl sites for hydroxylation is 3. The van der Waals surface area contributed by atoms with E-state index in [1.54, 1.807) is 6.07 Å². The van der Waals surface area contributed by atoms with Crippen LogP contribution in [0.15, 0.2) is 41.2 Å². The molecule has 0 saturated heterocycles. The summed E-state index contributed by atoms with van der Waals surface area (Å²) in [6.07, 6.45) is 5.80. The number of fused-ring (bicyclic) bond motifs is 1. The molecule has 4 heteroatoms. The van der Waals surface area contributed by atoms with Crippen LogP contribution in [0.25, 0.3) is 0 Å². The predicted molar refractivity (Wildman–Crippen MR) is 95.4 cm³/mol. The predicted octanol–water partition coefficient (Wildman–Crippen LogP) is 3.00. The SMILES string of the molecule is C[C@H](CCCc1ccccc1)NC(=O)c1cc2c([nH]c1=O)CCC2. The minimum atomic E-state index is -0.273. The average Bonchev–Trinajstić information content (AvgIpc) is 3.02. The number of carbonyl (C=O) groups is 1. The van der Waals surface area contributed by atoms with Gasteiger partial charge >= 0.3 is 0 Å². The first-order valence-corrected chi connectivity index (χ1v) is 8.73. The molecule has 0 fully saturated rings. The van der Waals surface area contributed by atoms with Gasteiger partial charge in [0.25, 0.3) is 11.5 Å². The fourth-order valence-electron chi connectivity index (χ4n) is 3.31. The molecule has 0 bridgehead atoms. The van der Waals surface area contributed by atoms with E-state index >= 15 is 0 Å². The summed E-state index contributed by atoms with van der Waals surface area (Å²) in [4.78, 5) is 27.3. The van der Waals surface area contributed by atoms with E-state index in [4.69, 9.17) is 0 Å². The van der Waals surface area contributed by atoms with E-state index in [0.717, 1.165) is 49.8 Å². The Hall–Kier alpha value is -2.36. The second-order valence-electron chi connectivity index (χ2n) is 6.62. The van der Waals surface area contributed by atoms with Crippen molar-refractivity contribution in [3.8, 4) is 0 Å². The summed E-state index contributed by atoms with van der Waals surface area (Å²) < 4.78 is 0. The van der Waals surface area contributed by atoms with Crippen LogP contribution in [0.5, 0.6) is 0 Å². The number of aromatic amines is 1. The number of rotatable bonds is 6. The van der Waals surface area contributed by atoms with E-state index in [2.05, 4.69) is 22.4 Å². The van der Waals surface area contributed by atoms with E-state index < -0.39 is 0 Å². The van der Waals surface area contributed by atoms with Crippen LogP contribution in [0.2, 0.25) is 0 Å². The minimum Gasteiger partial charge on any atom is -0.349 e. The van der Waals surface area contributed by atoms with Gasteiger partial charge in [0.15, 0.2) is 0 Å². The summed E-state index contributed by atoms with van der Waals surface area (Å²) in [5.41, 5.74) is 3.38. The van der Waals surface area contributed by atoms with Gasteiger partial charge in [0, 0.05) is 11.7 Å². The Morgan fingerprint density at radius 2 is 2.04 bits per heavy atom. The molecule has 4 nitrogen and oxygen atoms in total. The summed E-state index contributed by atoms with van der Waals surface area (Å²) >= 11 is 0. The zero-order valence-corrected chi connectivity index (χ0v) is 14.1. The summed E-state index contributed by atoms with van der Waals surface area (Å²) in [6.45, 7) is 1.99. The first-order chi connectivity index (χ1) is 11.6. The molecule has 0 radical (unpaired) electrons. The topological polar surface area (TPSA) is 62.0 Å². The number of hydrogen-bond donors (Lipinski definition) is 2. The summed E-state index contributed by atoms with van der Waals surface area (Å²) in [7, 11) is 0. The van der Waals surface area contributed by atoms with Crippen molar-refractivity contribution >= 4 is 5.91 Å². The van der Waals surface area contributed by atoms with Gasteiger partial charge in [0.05, 0.1) is 0 Å². The fraction of sp³-hybridized carbons (Fsp3) is 0.400. The van der Waals surface area contributed by atoms with Crippen molar-refractivity contribution < 1.29 is 4.79 Å². The van der Waals surface area contributed by atoms with E-state index in [0.29, 0.717) is 0 Å². The molecule has 126 valence electrons. The molecule has 24 heavy (non-hydrogen) atoms. The normalized spacial score (nSPS) is 14.2. The smallest absolute Gasteiger partial charge is 0.261 e. The minimum absolute atomic E-state index is 0.0499. The highest BCUT2D eigenvalue weighted by atomic mass is 16.2. The van der Waals surface area contributed by atoms with Gasteiger partial charge in [-0.25, -0.2) is 0 Å². The van der Waals surface area contributed by atoms with Gasteiger partial charge in [-0.2, -0.15) is 0 Å². The number of aromatic nitrogens is 1. The van der Waals surface area contributed by atoms with Crippen LogP contribution in [0.1, 0.15) is 53.4 Å². The highest BCUT2D eigenvalue weighted by Gasteiger charge is 2.19. The number of benzene rings is 1. The lowest BCUT2D eigenvalue weighted by atomic mass is 10.1. The maximum Gasteiger partial charge on any atom is 0.261 e. The van der Waals surface area contributed by atoms with Crippen molar-refractivity contribution in [1.82, 2.24) is 10.3 Å². The van der Waals surface area contributed by atoms with Gasteiger partial charge in [0.2, 0.25) is 0 Å². The van der Waals surface area contributed by atoms with Gasteiger partial charge < -0.3 is 10.3 Å². The number of carbonyl (C=O) groups excluding carboxylic acids is 1. The first kappa shape index (κ1) is 16.5. The second kappa shape index (κ2) is 7.47. The van der Waals surface area contributed by atoms with Crippen molar-refractivity contribution in [3.63, 3.8) is 0 Å².